The minimum absolute atomic E-state index is 0.375. The Morgan fingerprint density at radius 1 is 1.69 bits per heavy atom. The van der Waals surface area contributed by atoms with E-state index in [9.17, 15) is 0 Å². The lowest BCUT2D eigenvalue weighted by Crippen LogP contribution is -2.13. The highest BCUT2D eigenvalue weighted by Crippen LogP contribution is 2.13. The van der Waals surface area contributed by atoms with Crippen LogP contribution in [-0.4, -0.2) is 22.3 Å². The summed E-state index contributed by atoms with van der Waals surface area (Å²) < 4.78 is 7.57. The first-order valence-electron chi connectivity index (χ1n) is 4.71. The first-order valence-corrected chi connectivity index (χ1v) is 4.71. The second kappa shape index (κ2) is 3.89. The molecule has 0 aromatic carbocycles. The van der Waals surface area contributed by atoms with Crippen molar-refractivity contribution in [2.24, 2.45) is 5.73 Å². The van der Waals surface area contributed by atoms with E-state index in [4.69, 9.17) is 10.5 Å². The third kappa shape index (κ3) is 2.08. The van der Waals surface area contributed by atoms with E-state index in [-0.39, 0.29) is 0 Å². The summed E-state index contributed by atoms with van der Waals surface area (Å²) >= 11 is 0. The van der Waals surface area contributed by atoms with Crippen molar-refractivity contribution in [3.05, 3.63) is 18.2 Å². The molecule has 13 heavy (non-hydrogen) atoms. The molecule has 1 aromatic rings. The number of imidazole rings is 1. The topological polar surface area (TPSA) is 53.1 Å². The van der Waals surface area contributed by atoms with Crippen molar-refractivity contribution in [3.63, 3.8) is 0 Å². The minimum atomic E-state index is 0.375. The molecule has 2 N–H and O–H groups in total. The third-order valence-electron chi connectivity index (χ3n) is 2.33. The minimum Gasteiger partial charge on any atom is -0.376 e. The van der Waals surface area contributed by atoms with E-state index < -0.39 is 0 Å². The molecule has 1 aromatic heterocycles. The molecule has 0 spiro atoms. The molecule has 0 bridgehead atoms. The van der Waals surface area contributed by atoms with Crippen LogP contribution in [0.4, 0.5) is 0 Å². The molecule has 4 nitrogen and oxygen atoms in total. The third-order valence-corrected chi connectivity index (χ3v) is 2.33. The van der Waals surface area contributed by atoms with Crippen LogP contribution < -0.4 is 5.73 Å². The molecule has 0 radical (unpaired) electrons. The molecule has 1 unspecified atom stereocenters. The van der Waals surface area contributed by atoms with Gasteiger partial charge in [0.05, 0.1) is 18.1 Å². The van der Waals surface area contributed by atoms with Crippen LogP contribution in [0.5, 0.6) is 0 Å². The molecule has 1 fully saturated rings. The first kappa shape index (κ1) is 8.72. The lowest BCUT2D eigenvalue weighted by atomic mass is 10.2. The van der Waals surface area contributed by atoms with Crippen molar-refractivity contribution in [2.45, 2.75) is 32.0 Å². The van der Waals surface area contributed by atoms with Gasteiger partial charge in [-0.25, -0.2) is 4.98 Å². The lowest BCUT2D eigenvalue weighted by molar-refractivity contribution is 0.0970. The highest BCUT2D eigenvalue weighted by Gasteiger charge is 2.15. The summed E-state index contributed by atoms with van der Waals surface area (Å²) in [5.74, 6) is 0. The van der Waals surface area contributed by atoms with Gasteiger partial charge in [-0.2, -0.15) is 0 Å². The van der Waals surface area contributed by atoms with Crippen LogP contribution >= 0.6 is 0 Å². The van der Waals surface area contributed by atoms with Gasteiger partial charge in [-0.05, 0) is 12.8 Å². The summed E-state index contributed by atoms with van der Waals surface area (Å²) in [6, 6.07) is 0. The molecule has 0 amide bonds. The van der Waals surface area contributed by atoms with E-state index in [1.807, 2.05) is 12.5 Å². The highest BCUT2D eigenvalue weighted by atomic mass is 16.5. The van der Waals surface area contributed by atoms with Crippen molar-refractivity contribution in [1.82, 2.24) is 9.55 Å². The van der Waals surface area contributed by atoms with Crippen LogP contribution in [0.3, 0.4) is 0 Å². The molecule has 72 valence electrons. The molecule has 1 aliphatic rings. The summed E-state index contributed by atoms with van der Waals surface area (Å²) in [5, 5.41) is 0. The maximum absolute atomic E-state index is 5.52. The maximum Gasteiger partial charge on any atom is 0.0950 e. The molecule has 1 saturated heterocycles. The molecular formula is C9H15N3O. The zero-order valence-electron chi connectivity index (χ0n) is 7.65. The van der Waals surface area contributed by atoms with Gasteiger partial charge in [0.1, 0.15) is 0 Å². The molecular weight excluding hydrogens is 166 g/mol. The summed E-state index contributed by atoms with van der Waals surface area (Å²) in [6.45, 7) is 2.33. The Hall–Kier alpha value is -0.870. The molecule has 4 heteroatoms. The molecule has 2 rings (SSSR count). The number of nitrogens with two attached hydrogens (primary N) is 1. The molecule has 1 aliphatic heterocycles. The largest absolute Gasteiger partial charge is 0.376 e. The normalized spacial score (nSPS) is 22.4. The number of ether oxygens (including phenoxy) is 1. The van der Waals surface area contributed by atoms with Crippen LogP contribution in [-0.2, 0) is 17.8 Å². The molecule has 0 saturated carbocycles. The van der Waals surface area contributed by atoms with E-state index in [1.54, 1.807) is 0 Å². The second-order valence-electron chi connectivity index (χ2n) is 3.40. The average molecular weight is 181 g/mol. The molecule has 0 aliphatic carbocycles. The zero-order valence-corrected chi connectivity index (χ0v) is 7.65. The van der Waals surface area contributed by atoms with Crippen LogP contribution in [0.2, 0.25) is 0 Å². The number of rotatable bonds is 3. The van der Waals surface area contributed by atoms with Crippen LogP contribution in [0, 0.1) is 0 Å². The van der Waals surface area contributed by atoms with E-state index in [0.717, 1.165) is 25.3 Å². The Bertz CT molecular complexity index is 266. The fraction of sp³-hybridized carbons (Fsp3) is 0.667. The predicted molar refractivity (Wildman–Crippen MR) is 49.1 cm³/mol. The Morgan fingerprint density at radius 3 is 3.23 bits per heavy atom. The van der Waals surface area contributed by atoms with Gasteiger partial charge in [-0.3, -0.25) is 0 Å². The fourth-order valence-electron chi connectivity index (χ4n) is 1.64. The summed E-state index contributed by atoms with van der Waals surface area (Å²) in [4.78, 5) is 4.16. The SMILES string of the molecule is NCc1cn(CC2CCCO2)cn1. The smallest absolute Gasteiger partial charge is 0.0950 e. The van der Waals surface area contributed by atoms with Crippen molar-refractivity contribution in [1.29, 1.82) is 0 Å². The number of hydrogen-bond donors (Lipinski definition) is 1. The van der Waals surface area contributed by atoms with E-state index in [0.29, 0.717) is 12.6 Å². The van der Waals surface area contributed by atoms with E-state index >= 15 is 0 Å². The van der Waals surface area contributed by atoms with Crippen molar-refractivity contribution in [2.75, 3.05) is 6.61 Å². The van der Waals surface area contributed by atoms with Gasteiger partial charge < -0.3 is 15.0 Å². The Kier molecular flexibility index (Phi) is 2.61. The molecule has 1 atom stereocenters. The van der Waals surface area contributed by atoms with Gasteiger partial charge in [-0.15, -0.1) is 0 Å². The Morgan fingerprint density at radius 2 is 2.62 bits per heavy atom. The van der Waals surface area contributed by atoms with Crippen LogP contribution in [0.1, 0.15) is 18.5 Å². The monoisotopic (exact) mass is 181 g/mol. The van der Waals surface area contributed by atoms with Crippen molar-refractivity contribution >= 4 is 0 Å². The van der Waals surface area contributed by atoms with Gasteiger partial charge >= 0.3 is 0 Å². The number of nitrogens with zero attached hydrogens (tertiary/aromatic N) is 2. The highest BCUT2D eigenvalue weighted by molar-refractivity contribution is 4.95. The van der Waals surface area contributed by atoms with Gasteiger partial charge in [-0.1, -0.05) is 0 Å². The second-order valence-corrected chi connectivity index (χ2v) is 3.40. The van der Waals surface area contributed by atoms with Gasteiger partial charge in [0.25, 0.3) is 0 Å². The quantitative estimate of drug-likeness (QED) is 0.739. The van der Waals surface area contributed by atoms with E-state index in [1.165, 1.54) is 6.42 Å². The van der Waals surface area contributed by atoms with Gasteiger partial charge in [0.2, 0.25) is 0 Å². The zero-order chi connectivity index (χ0) is 9.10. The summed E-state index contributed by atoms with van der Waals surface area (Å²) in [7, 11) is 0. The van der Waals surface area contributed by atoms with Crippen molar-refractivity contribution < 1.29 is 4.74 Å². The lowest BCUT2D eigenvalue weighted by Gasteiger charge is -2.08. The predicted octanol–water partition coefficient (Wildman–Crippen LogP) is 0.521. The summed E-state index contributed by atoms with van der Waals surface area (Å²) in [6.07, 6.45) is 6.53. The maximum atomic E-state index is 5.52. The Balaban J connectivity index is 1.92. The van der Waals surface area contributed by atoms with Crippen LogP contribution in [0.25, 0.3) is 0 Å². The fourth-order valence-corrected chi connectivity index (χ4v) is 1.64. The van der Waals surface area contributed by atoms with Crippen molar-refractivity contribution in [3.8, 4) is 0 Å². The van der Waals surface area contributed by atoms with E-state index in [2.05, 4.69) is 9.55 Å². The summed E-state index contributed by atoms with van der Waals surface area (Å²) in [5.41, 5.74) is 6.41. The van der Waals surface area contributed by atoms with Gasteiger partial charge in [0, 0.05) is 25.9 Å². The Labute approximate surface area is 77.7 Å². The average Bonchev–Trinajstić information content (AvgIpc) is 2.76. The van der Waals surface area contributed by atoms with Crippen LogP contribution in [0.15, 0.2) is 12.5 Å². The molecule has 2 heterocycles. The number of aromatic nitrogens is 2. The standard InChI is InChI=1S/C9H15N3O/c10-4-8-5-12(7-11-8)6-9-2-1-3-13-9/h5,7,9H,1-4,6,10H2. The van der Waals surface area contributed by atoms with Gasteiger partial charge in [0.15, 0.2) is 0 Å². The number of hydrogen-bond acceptors (Lipinski definition) is 3. The first-order chi connectivity index (χ1) is 6.38.